The zero-order valence-electron chi connectivity index (χ0n) is 15.6. The summed E-state index contributed by atoms with van der Waals surface area (Å²) in [7, 11) is 1.60. The van der Waals surface area contributed by atoms with Crippen molar-refractivity contribution in [1.29, 1.82) is 0 Å². The second kappa shape index (κ2) is 8.51. The predicted octanol–water partition coefficient (Wildman–Crippen LogP) is 1.97. The second-order valence-corrected chi connectivity index (χ2v) is 6.26. The number of hydrogen-bond acceptors (Lipinski definition) is 4. The Morgan fingerprint density at radius 1 is 1.18 bits per heavy atom. The van der Waals surface area contributed by atoms with Crippen LogP contribution >= 0.6 is 0 Å². The maximum Gasteiger partial charge on any atom is 0.345 e. The Labute approximate surface area is 161 Å². The van der Waals surface area contributed by atoms with Gasteiger partial charge in [0.2, 0.25) is 0 Å². The molecule has 1 aromatic heterocycles. The molecule has 1 N–H and O–H groups in total. The van der Waals surface area contributed by atoms with Crippen molar-refractivity contribution in [3.05, 3.63) is 70.9 Å². The number of aromatic nitrogens is 3. The van der Waals surface area contributed by atoms with Crippen molar-refractivity contribution >= 4 is 5.91 Å². The van der Waals surface area contributed by atoms with Gasteiger partial charge >= 0.3 is 5.69 Å². The summed E-state index contributed by atoms with van der Waals surface area (Å²) in [6.45, 7) is 2.08. The van der Waals surface area contributed by atoms with Crippen molar-refractivity contribution in [3.63, 3.8) is 0 Å². The molecule has 0 aliphatic rings. The number of benzene rings is 2. The van der Waals surface area contributed by atoms with Crippen molar-refractivity contribution in [3.8, 4) is 17.1 Å². The van der Waals surface area contributed by atoms with E-state index in [2.05, 4.69) is 10.4 Å². The van der Waals surface area contributed by atoms with Crippen LogP contribution in [0.2, 0.25) is 0 Å². The third-order valence-corrected chi connectivity index (χ3v) is 4.19. The first-order valence-electron chi connectivity index (χ1n) is 8.85. The lowest BCUT2D eigenvalue weighted by molar-refractivity contribution is -0.127. The topological polar surface area (TPSA) is 78.2 Å². The van der Waals surface area contributed by atoms with Gasteiger partial charge in [-0.05, 0) is 43.3 Å². The number of para-hydroxylation sites is 1. The van der Waals surface area contributed by atoms with Crippen molar-refractivity contribution in [2.24, 2.45) is 7.05 Å². The lowest BCUT2D eigenvalue weighted by Gasteiger charge is -2.14. The molecule has 3 aromatic rings. The first-order valence-corrected chi connectivity index (χ1v) is 8.85. The molecule has 0 saturated heterocycles. The highest BCUT2D eigenvalue weighted by Gasteiger charge is 2.15. The van der Waals surface area contributed by atoms with Crippen LogP contribution in [0.4, 0.5) is 4.39 Å². The molecule has 0 aliphatic carbocycles. The van der Waals surface area contributed by atoms with E-state index in [1.54, 1.807) is 38.2 Å². The first kappa shape index (κ1) is 19.3. The van der Waals surface area contributed by atoms with E-state index in [-0.39, 0.29) is 30.5 Å². The second-order valence-electron chi connectivity index (χ2n) is 6.26. The summed E-state index contributed by atoms with van der Waals surface area (Å²) in [5, 5.41) is 7.01. The van der Waals surface area contributed by atoms with Crippen LogP contribution in [0.25, 0.3) is 11.4 Å². The monoisotopic (exact) mass is 384 g/mol. The quantitative estimate of drug-likeness (QED) is 0.676. The van der Waals surface area contributed by atoms with E-state index in [0.29, 0.717) is 17.1 Å². The Bertz CT molecular complexity index is 997. The minimum atomic E-state index is -0.669. The van der Waals surface area contributed by atoms with E-state index < -0.39 is 6.10 Å². The highest BCUT2D eigenvalue weighted by Crippen LogP contribution is 2.15. The van der Waals surface area contributed by atoms with Gasteiger partial charge in [0.1, 0.15) is 11.6 Å². The first-order chi connectivity index (χ1) is 13.5. The third-order valence-electron chi connectivity index (χ3n) is 4.19. The van der Waals surface area contributed by atoms with Gasteiger partial charge in [-0.3, -0.25) is 9.36 Å². The van der Waals surface area contributed by atoms with Crippen LogP contribution in [0.5, 0.6) is 5.75 Å². The van der Waals surface area contributed by atoms with E-state index >= 15 is 0 Å². The van der Waals surface area contributed by atoms with Crippen LogP contribution in [0.3, 0.4) is 0 Å². The van der Waals surface area contributed by atoms with E-state index in [0.717, 1.165) is 0 Å². The number of halogens is 1. The number of carbonyl (C=O) groups is 1. The molecule has 3 rings (SSSR count). The fourth-order valence-corrected chi connectivity index (χ4v) is 2.67. The number of amides is 1. The number of ether oxygens (including phenoxy) is 1. The average Bonchev–Trinajstić information content (AvgIpc) is 2.98. The molecule has 28 heavy (non-hydrogen) atoms. The molecular weight excluding hydrogens is 363 g/mol. The summed E-state index contributed by atoms with van der Waals surface area (Å²) < 4.78 is 21.3. The molecule has 0 aliphatic heterocycles. The molecule has 7 nitrogen and oxygen atoms in total. The molecule has 1 heterocycles. The van der Waals surface area contributed by atoms with Crippen molar-refractivity contribution in [2.75, 3.05) is 6.54 Å². The lowest BCUT2D eigenvalue weighted by Crippen LogP contribution is -2.39. The van der Waals surface area contributed by atoms with Crippen LogP contribution in [-0.2, 0) is 18.4 Å². The molecule has 1 unspecified atom stereocenters. The Morgan fingerprint density at radius 3 is 2.54 bits per heavy atom. The number of rotatable bonds is 7. The zero-order valence-corrected chi connectivity index (χ0v) is 15.6. The van der Waals surface area contributed by atoms with Crippen LogP contribution in [0, 0.1) is 5.82 Å². The molecule has 0 radical (unpaired) electrons. The fourth-order valence-electron chi connectivity index (χ4n) is 2.67. The summed E-state index contributed by atoms with van der Waals surface area (Å²) >= 11 is 0. The van der Waals surface area contributed by atoms with Crippen LogP contribution < -0.4 is 15.7 Å². The highest BCUT2D eigenvalue weighted by molar-refractivity contribution is 5.80. The number of carbonyl (C=O) groups excluding carboxylic acids is 1. The molecule has 0 bridgehead atoms. The van der Waals surface area contributed by atoms with Gasteiger partial charge in [-0.15, -0.1) is 5.10 Å². The molecule has 2 aromatic carbocycles. The van der Waals surface area contributed by atoms with Gasteiger partial charge in [-0.25, -0.2) is 13.9 Å². The number of nitrogens with one attached hydrogen (secondary N) is 1. The summed E-state index contributed by atoms with van der Waals surface area (Å²) in [5.74, 6) is 0.390. The van der Waals surface area contributed by atoms with Crippen LogP contribution in [-0.4, -0.2) is 32.9 Å². The lowest BCUT2D eigenvalue weighted by atomic mass is 10.2. The summed E-state index contributed by atoms with van der Waals surface area (Å²) in [6, 6.07) is 14.8. The molecule has 0 spiro atoms. The van der Waals surface area contributed by atoms with Gasteiger partial charge in [0.25, 0.3) is 5.91 Å². The molecule has 1 atom stereocenters. The molecule has 8 heteroatoms. The zero-order chi connectivity index (χ0) is 20.1. The minimum absolute atomic E-state index is 0.206. The molecule has 0 fully saturated rings. The van der Waals surface area contributed by atoms with Crippen LogP contribution in [0.15, 0.2) is 59.4 Å². The number of hydrogen-bond donors (Lipinski definition) is 1. The van der Waals surface area contributed by atoms with Gasteiger partial charge < -0.3 is 10.1 Å². The van der Waals surface area contributed by atoms with Crippen molar-refractivity contribution in [1.82, 2.24) is 19.7 Å². The van der Waals surface area contributed by atoms with E-state index in [1.807, 2.05) is 18.2 Å². The van der Waals surface area contributed by atoms with E-state index in [1.165, 1.54) is 21.4 Å². The Hall–Kier alpha value is -3.42. The maximum atomic E-state index is 13.1. The minimum Gasteiger partial charge on any atom is -0.481 e. The van der Waals surface area contributed by atoms with Gasteiger partial charge in [0, 0.05) is 19.2 Å². The molecular formula is C20H21FN4O3. The molecule has 1 amide bonds. The van der Waals surface area contributed by atoms with Gasteiger partial charge in [-0.1, -0.05) is 18.2 Å². The Balaban J connectivity index is 1.59. The predicted molar refractivity (Wildman–Crippen MR) is 102 cm³/mol. The maximum absolute atomic E-state index is 13.1. The van der Waals surface area contributed by atoms with E-state index in [4.69, 9.17) is 4.74 Å². The molecule has 0 saturated carbocycles. The van der Waals surface area contributed by atoms with Gasteiger partial charge in [0.15, 0.2) is 11.9 Å². The smallest absolute Gasteiger partial charge is 0.345 e. The number of nitrogens with zero attached hydrogens (tertiary/aromatic N) is 3. The normalized spacial score (nSPS) is 11.8. The van der Waals surface area contributed by atoms with Gasteiger partial charge in [-0.2, -0.15) is 0 Å². The summed E-state index contributed by atoms with van der Waals surface area (Å²) in [6.07, 6.45) is -0.669. The largest absolute Gasteiger partial charge is 0.481 e. The SMILES string of the molecule is CC(Oc1ccccc1)C(=O)NCCn1nc(-c2ccc(F)cc2)n(C)c1=O. The standard InChI is InChI=1S/C20H21FN4O3/c1-14(28-17-6-4-3-5-7-17)19(26)22-12-13-25-20(27)24(2)18(23-25)15-8-10-16(21)11-9-15/h3-11,14H,12-13H2,1-2H3,(H,22,26). The average molecular weight is 384 g/mol. The van der Waals surface area contributed by atoms with Crippen LogP contribution in [0.1, 0.15) is 6.92 Å². The Morgan fingerprint density at radius 2 is 1.86 bits per heavy atom. The molecule has 146 valence electrons. The van der Waals surface area contributed by atoms with Crippen molar-refractivity contribution in [2.45, 2.75) is 19.6 Å². The fraction of sp³-hybridized carbons (Fsp3) is 0.250. The van der Waals surface area contributed by atoms with Gasteiger partial charge in [0.05, 0.1) is 6.54 Å². The summed E-state index contributed by atoms with van der Waals surface area (Å²) in [5.41, 5.74) is 0.316. The Kier molecular flexibility index (Phi) is 5.88. The highest BCUT2D eigenvalue weighted by atomic mass is 19.1. The van der Waals surface area contributed by atoms with Crippen molar-refractivity contribution < 1.29 is 13.9 Å². The summed E-state index contributed by atoms with van der Waals surface area (Å²) in [4.78, 5) is 24.5. The third kappa shape index (κ3) is 4.46. The van der Waals surface area contributed by atoms with E-state index in [9.17, 15) is 14.0 Å².